The molecule has 0 heterocycles. The Balaban J connectivity index is 5.74. The highest BCUT2D eigenvalue weighted by Crippen LogP contribution is 2.60. The molecule has 0 aromatic carbocycles. The second-order valence-electron chi connectivity index (χ2n) is 6.60. The van der Waals surface area contributed by atoms with Gasteiger partial charge in [-0.2, -0.15) is 57.1 Å². The molecule has 0 saturated carbocycles. The lowest BCUT2D eigenvalue weighted by molar-refractivity contribution is -0.440. The van der Waals surface area contributed by atoms with E-state index in [2.05, 4.69) is 0 Å². The molecule has 0 saturated heterocycles. The van der Waals surface area contributed by atoms with E-state index < -0.39 is 60.7 Å². The summed E-state index contributed by atoms with van der Waals surface area (Å²) in [5, 5.41) is 9.67. The number of hydrogen-bond donors (Lipinski definition) is 1. The Morgan fingerprint density at radius 2 is 0.964 bits per heavy atom. The smallest absolute Gasteiger partial charge is 0.390 e. The van der Waals surface area contributed by atoms with Gasteiger partial charge < -0.3 is 5.11 Å². The second kappa shape index (κ2) is 7.71. The Morgan fingerprint density at radius 1 is 0.571 bits per heavy atom. The first-order valence-corrected chi connectivity index (χ1v) is 7.70. The molecule has 1 unspecified atom stereocenters. The highest BCUT2D eigenvalue weighted by Gasteiger charge is 2.90. The van der Waals surface area contributed by atoms with Gasteiger partial charge in [-0.25, -0.2) is 0 Å². The minimum absolute atomic E-state index is 0.0268. The summed E-state index contributed by atoms with van der Waals surface area (Å²) in [6, 6.07) is 0. The molecule has 170 valence electrons. The van der Waals surface area contributed by atoms with Crippen molar-refractivity contribution in [1.29, 1.82) is 0 Å². The van der Waals surface area contributed by atoms with E-state index in [1.807, 2.05) is 0 Å². The van der Waals surface area contributed by atoms with Crippen LogP contribution >= 0.6 is 0 Å². The predicted octanol–water partition coefficient (Wildman–Crippen LogP) is 6.45. The van der Waals surface area contributed by atoms with Crippen LogP contribution in [0.1, 0.15) is 46.0 Å². The molecule has 0 aliphatic heterocycles. The maximum absolute atomic E-state index is 13.5. The molecular weight excluding hydrogens is 431 g/mol. The maximum Gasteiger partial charge on any atom is 0.460 e. The summed E-state index contributed by atoms with van der Waals surface area (Å²) in [5.41, 5.74) is -1.70. The first-order chi connectivity index (χ1) is 12.0. The fourth-order valence-corrected chi connectivity index (χ4v) is 2.31. The number of rotatable bonds is 10. The van der Waals surface area contributed by atoms with Crippen LogP contribution in [0, 0.1) is 0 Å². The van der Waals surface area contributed by atoms with Crippen molar-refractivity contribution in [3.63, 3.8) is 0 Å². The Hall–Kier alpha value is -0.950. The van der Waals surface area contributed by atoms with Gasteiger partial charge in [0.05, 0.1) is 5.60 Å². The zero-order valence-electron chi connectivity index (χ0n) is 14.4. The van der Waals surface area contributed by atoms with Crippen LogP contribution in [-0.4, -0.2) is 46.5 Å². The van der Waals surface area contributed by atoms with Gasteiger partial charge in [0.1, 0.15) is 0 Å². The van der Waals surface area contributed by atoms with E-state index in [-0.39, 0.29) is 6.42 Å². The van der Waals surface area contributed by atoms with E-state index in [1.54, 1.807) is 6.92 Å². The first kappa shape index (κ1) is 27.0. The lowest BCUT2D eigenvalue weighted by Crippen LogP contribution is -2.70. The minimum Gasteiger partial charge on any atom is -0.390 e. The van der Waals surface area contributed by atoms with Crippen molar-refractivity contribution in [3.8, 4) is 0 Å². The van der Waals surface area contributed by atoms with Crippen LogP contribution < -0.4 is 0 Å². The van der Waals surface area contributed by atoms with Crippen LogP contribution in [0.15, 0.2) is 0 Å². The Labute approximate surface area is 150 Å². The molecular formula is C14H17F13O. The van der Waals surface area contributed by atoms with E-state index in [1.165, 1.54) is 0 Å². The van der Waals surface area contributed by atoms with Crippen molar-refractivity contribution in [3.05, 3.63) is 0 Å². The normalized spacial score (nSPS) is 17.6. The van der Waals surface area contributed by atoms with Crippen LogP contribution in [0.5, 0.6) is 0 Å². The fraction of sp³-hybridized carbons (Fsp3) is 1.00. The topological polar surface area (TPSA) is 20.2 Å². The van der Waals surface area contributed by atoms with Gasteiger partial charge in [0.25, 0.3) is 0 Å². The number of aliphatic hydroxyl groups is 1. The van der Waals surface area contributed by atoms with Crippen LogP contribution in [0.2, 0.25) is 0 Å². The van der Waals surface area contributed by atoms with Crippen LogP contribution in [0.25, 0.3) is 0 Å². The fourth-order valence-electron chi connectivity index (χ4n) is 2.31. The molecule has 1 nitrogen and oxygen atoms in total. The second-order valence-corrected chi connectivity index (χ2v) is 6.60. The summed E-state index contributed by atoms with van der Waals surface area (Å²) < 4.78 is 168. The molecule has 0 amide bonds. The van der Waals surface area contributed by atoms with Gasteiger partial charge >= 0.3 is 35.8 Å². The minimum atomic E-state index is -7.88. The van der Waals surface area contributed by atoms with Crippen molar-refractivity contribution < 1.29 is 62.2 Å². The molecule has 0 aromatic heterocycles. The van der Waals surface area contributed by atoms with Gasteiger partial charge in [-0.3, -0.25) is 0 Å². The highest BCUT2D eigenvalue weighted by molar-refractivity contribution is 5.10. The average Bonchev–Trinajstić information content (AvgIpc) is 2.44. The SMILES string of the molecule is CCCC(C)(O)CCCC(F)(F)C(F)(F)C(F)(F)C(F)(F)C(F)(F)C(F)(F)F. The van der Waals surface area contributed by atoms with E-state index in [0.29, 0.717) is 6.42 Å². The molecule has 0 aromatic rings. The monoisotopic (exact) mass is 448 g/mol. The molecule has 0 fully saturated rings. The summed E-state index contributed by atoms with van der Waals surface area (Å²) in [7, 11) is 0. The molecule has 1 N–H and O–H groups in total. The summed E-state index contributed by atoms with van der Waals surface area (Å²) in [6.07, 6.45) is -11.2. The molecule has 1 atom stereocenters. The molecule has 0 spiro atoms. The van der Waals surface area contributed by atoms with E-state index in [9.17, 15) is 62.2 Å². The van der Waals surface area contributed by atoms with Crippen molar-refractivity contribution in [2.75, 3.05) is 0 Å². The third-order valence-corrected chi connectivity index (χ3v) is 3.99. The molecule has 0 radical (unpaired) electrons. The molecule has 0 aliphatic carbocycles. The Bertz CT molecular complexity index is 522. The van der Waals surface area contributed by atoms with Crippen LogP contribution in [-0.2, 0) is 0 Å². The van der Waals surface area contributed by atoms with E-state index in [4.69, 9.17) is 0 Å². The van der Waals surface area contributed by atoms with Gasteiger partial charge in [-0.1, -0.05) is 13.3 Å². The third kappa shape index (κ3) is 4.61. The van der Waals surface area contributed by atoms with Gasteiger partial charge in [-0.05, 0) is 26.2 Å². The zero-order chi connectivity index (χ0) is 23.0. The number of alkyl halides is 13. The zero-order valence-corrected chi connectivity index (χ0v) is 14.4. The summed E-state index contributed by atoms with van der Waals surface area (Å²) in [6.45, 7) is 2.63. The Morgan fingerprint density at radius 3 is 1.32 bits per heavy atom. The maximum atomic E-state index is 13.5. The van der Waals surface area contributed by atoms with Crippen molar-refractivity contribution >= 4 is 0 Å². The third-order valence-electron chi connectivity index (χ3n) is 3.99. The summed E-state index contributed by atoms with van der Waals surface area (Å²) >= 11 is 0. The average molecular weight is 448 g/mol. The Kier molecular flexibility index (Phi) is 7.45. The molecule has 14 heteroatoms. The quantitative estimate of drug-likeness (QED) is 0.381. The van der Waals surface area contributed by atoms with E-state index in [0.717, 1.165) is 6.92 Å². The standard InChI is InChI=1S/C14H17F13O/c1-3-5-8(2,28)6-4-7-9(15,16)10(17,18)11(19,20)12(21,22)13(23,24)14(25,26)27/h28H,3-7H2,1-2H3. The van der Waals surface area contributed by atoms with Crippen LogP contribution in [0.3, 0.4) is 0 Å². The first-order valence-electron chi connectivity index (χ1n) is 7.70. The van der Waals surface area contributed by atoms with E-state index >= 15 is 0 Å². The van der Waals surface area contributed by atoms with Gasteiger partial charge in [-0.15, -0.1) is 0 Å². The number of halogens is 13. The van der Waals surface area contributed by atoms with Gasteiger partial charge in [0.15, 0.2) is 0 Å². The highest BCUT2D eigenvalue weighted by atomic mass is 19.4. The van der Waals surface area contributed by atoms with Gasteiger partial charge in [0.2, 0.25) is 0 Å². The van der Waals surface area contributed by atoms with Crippen molar-refractivity contribution in [2.45, 2.75) is 87.3 Å². The molecule has 0 bridgehead atoms. The summed E-state index contributed by atoms with van der Waals surface area (Å²) in [4.78, 5) is 0. The molecule has 0 rings (SSSR count). The largest absolute Gasteiger partial charge is 0.460 e. The summed E-state index contributed by atoms with van der Waals surface area (Å²) in [5.74, 6) is -36.7. The van der Waals surface area contributed by atoms with Gasteiger partial charge in [0, 0.05) is 6.42 Å². The van der Waals surface area contributed by atoms with Crippen molar-refractivity contribution in [1.82, 2.24) is 0 Å². The lowest BCUT2D eigenvalue weighted by atomic mass is 9.89. The molecule has 0 aliphatic rings. The van der Waals surface area contributed by atoms with Crippen molar-refractivity contribution in [2.24, 2.45) is 0 Å². The molecule has 28 heavy (non-hydrogen) atoms. The number of hydrogen-bond acceptors (Lipinski definition) is 1. The van der Waals surface area contributed by atoms with Crippen LogP contribution in [0.4, 0.5) is 57.1 Å². The lowest BCUT2D eigenvalue weighted by Gasteiger charge is -2.40. The predicted molar refractivity (Wildman–Crippen MR) is 70.2 cm³/mol.